The third kappa shape index (κ3) is 4.98. The summed E-state index contributed by atoms with van der Waals surface area (Å²) in [5.41, 5.74) is 0.941. The van der Waals surface area contributed by atoms with E-state index in [2.05, 4.69) is 0 Å². The van der Waals surface area contributed by atoms with Gasteiger partial charge in [0.05, 0.1) is 6.10 Å². The lowest BCUT2D eigenvalue weighted by molar-refractivity contribution is -0.139. The number of carbonyl (C=O) groups is 1. The van der Waals surface area contributed by atoms with Crippen molar-refractivity contribution in [3.05, 3.63) is 48.0 Å². The number of hydrogen-bond acceptors (Lipinski definition) is 3. The minimum atomic E-state index is -0.630. The van der Waals surface area contributed by atoms with Crippen LogP contribution in [-0.4, -0.2) is 17.2 Å². The summed E-state index contributed by atoms with van der Waals surface area (Å²) in [6.45, 7) is 1.82. The Hall–Kier alpha value is -1.61. The molecule has 15 heavy (non-hydrogen) atoms. The van der Waals surface area contributed by atoms with Gasteiger partial charge in [-0.3, -0.25) is 0 Å². The summed E-state index contributed by atoms with van der Waals surface area (Å²) in [7, 11) is 0. The third-order valence-electron chi connectivity index (χ3n) is 1.73. The van der Waals surface area contributed by atoms with Gasteiger partial charge >= 0.3 is 5.97 Å². The van der Waals surface area contributed by atoms with Gasteiger partial charge in [0.15, 0.2) is 0 Å². The van der Waals surface area contributed by atoms with Crippen LogP contribution in [0, 0.1) is 0 Å². The second-order valence-corrected chi connectivity index (χ2v) is 3.19. The topological polar surface area (TPSA) is 46.5 Å². The fourth-order valence-electron chi connectivity index (χ4n) is 0.995. The average Bonchev–Trinajstić information content (AvgIpc) is 2.25. The fourth-order valence-corrected chi connectivity index (χ4v) is 0.995. The Labute approximate surface area is 89.0 Å². The van der Waals surface area contributed by atoms with Crippen LogP contribution in [0.25, 0.3) is 0 Å². The fraction of sp³-hybridized carbons (Fsp3) is 0.250. The van der Waals surface area contributed by atoms with E-state index in [1.54, 1.807) is 6.92 Å². The van der Waals surface area contributed by atoms with Crippen LogP contribution in [0.3, 0.4) is 0 Å². The number of rotatable bonds is 4. The normalized spacial score (nSPS) is 12.7. The lowest BCUT2D eigenvalue weighted by atomic mass is 10.2. The molecule has 3 heteroatoms. The highest BCUT2D eigenvalue weighted by Crippen LogP contribution is 2.00. The number of carbonyl (C=O) groups excluding carboxylic acids is 1. The maximum absolute atomic E-state index is 11.1. The highest BCUT2D eigenvalue weighted by Gasteiger charge is 1.98. The monoisotopic (exact) mass is 206 g/mol. The Bertz CT molecular complexity index is 328. The van der Waals surface area contributed by atoms with E-state index in [0.717, 1.165) is 5.56 Å². The standard InChI is InChI=1S/C12H14O3/c1-10(13)7-8-12(14)15-9-11-5-3-2-4-6-11/h2-8,10,13H,9H2,1H3/t10-/m1/s1. The van der Waals surface area contributed by atoms with Gasteiger partial charge < -0.3 is 9.84 Å². The SMILES string of the molecule is C[C@@H](O)C=CC(=O)OCc1ccccc1. The molecule has 80 valence electrons. The first kappa shape index (κ1) is 11.5. The smallest absolute Gasteiger partial charge is 0.330 e. The Balaban J connectivity index is 2.35. The molecule has 1 N–H and O–H groups in total. The molecule has 0 fully saturated rings. The lowest BCUT2D eigenvalue weighted by Gasteiger charge is -2.01. The Morgan fingerprint density at radius 1 is 1.47 bits per heavy atom. The van der Waals surface area contributed by atoms with Crippen LogP contribution >= 0.6 is 0 Å². The molecular weight excluding hydrogens is 192 g/mol. The quantitative estimate of drug-likeness (QED) is 0.602. The van der Waals surface area contributed by atoms with Crippen LogP contribution in [0.5, 0.6) is 0 Å². The van der Waals surface area contributed by atoms with Crippen LogP contribution < -0.4 is 0 Å². The maximum Gasteiger partial charge on any atom is 0.330 e. The zero-order valence-electron chi connectivity index (χ0n) is 8.59. The Morgan fingerprint density at radius 3 is 2.73 bits per heavy atom. The van der Waals surface area contributed by atoms with Crippen LogP contribution in [0.1, 0.15) is 12.5 Å². The summed E-state index contributed by atoms with van der Waals surface area (Å²) in [4.78, 5) is 11.1. The van der Waals surface area contributed by atoms with Crippen molar-refractivity contribution in [2.75, 3.05) is 0 Å². The molecule has 0 radical (unpaired) electrons. The van der Waals surface area contributed by atoms with Crippen molar-refractivity contribution in [1.82, 2.24) is 0 Å². The average molecular weight is 206 g/mol. The highest BCUT2D eigenvalue weighted by atomic mass is 16.5. The van der Waals surface area contributed by atoms with Gasteiger partial charge in [0.1, 0.15) is 6.61 Å². The van der Waals surface area contributed by atoms with Crippen molar-refractivity contribution in [3.63, 3.8) is 0 Å². The van der Waals surface area contributed by atoms with Crippen LogP contribution in [0.15, 0.2) is 42.5 Å². The second kappa shape index (κ2) is 5.98. The predicted molar refractivity (Wildman–Crippen MR) is 57.1 cm³/mol. The minimum absolute atomic E-state index is 0.254. The Morgan fingerprint density at radius 2 is 2.13 bits per heavy atom. The van der Waals surface area contributed by atoms with Crippen molar-refractivity contribution in [2.24, 2.45) is 0 Å². The summed E-state index contributed by atoms with van der Waals surface area (Å²) in [6, 6.07) is 9.43. The molecule has 0 aliphatic heterocycles. The van der Waals surface area contributed by atoms with Gasteiger partial charge in [-0.05, 0) is 18.6 Å². The molecule has 0 aliphatic carbocycles. The van der Waals surface area contributed by atoms with Crippen molar-refractivity contribution < 1.29 is 14.6 Å². The number of hydrogen-bond donors (Lipinski definition) is 1. The van der Waals surface area contributed by atoms with Gasteiger partial charge in [0.2, 0.25) is 0 Å². The van der Waals surface area contributed by atoms with E-state index in [9.17, 15) is 4.79 Å². The number of ether oxygens (including phenoxy) is 1. The summed E-state index contributed by atoms with van der Waals surface area (Å²) >= 11 is 0. The first-order chi connectivity index (χ1) is 7.18. The molecule has 0 aromatic heterocycles. The molecule has 0 bridgehead atoms. The first-order valence-electron chi connectivity index (χ1n) is 4.75. The van der Waals surface area contributed by atoms with Crippen molar-refractivity contribution >= 4 is 5.97 Å². The number of esters is 1. The minimum Gasteiger partial charge on any atom is -0.458 e. The van der Waals surface area contributed by atoms with Crippen LogP contribution in [0.2, 0.25) is 0 Å². The van der Waals surface area contributed by atoms with E-state index in [-0.39, 0.29) is 6.61 Å². The molecule has 1 atom stereocenters. The molecule has 0 amide bonds. The van der Waals surface area contributed by atoms with Gasteiger partial charge in [-0.2, -0.15) is 0 Å². The van der Waals surface area contributed by atoms with E-state index in [4.69, 9.17) is 9.84 Å². The van der Waals surface area contributed by atoms with Crippen LogP contribution in [-0.2, 0) is 16.1 Å². The van der Waals surface area contributed by atoms with Gasteiger partial charge in [-0.25, -0.2) is 4.79 Å². The maximum atomic E-state index is 11.1. The van der Waals surface area contributed by atoms with E-state index in [1.807, 2.05) is 30.3 Å². The van der Waals surface area contributed by atoms with Crippen molar-refractivity contribution in [1.29, 1.82) is 0 Å². The molecule has 0 unspecified atom stereocenters. The first-order valence-corrected chi connectivity index (χ1v) is 4.75. The van der Waals surface area contributed by atoms with Crippen molar-refractivity contribution in [2.45, 2.75) is 19.6 Å². The van der Waals surface area contributed by atoms with E-state index >= 15 is 0 Å². The summed E-state index contributed by atoms with van der Waals surface area (Å²) < 4.78 is 4.94. The van der Waals surface area contributed by atoms with Gasteiger partial charge in [0.25, 0.3) is 0 Å². The lowest BCUT2D eigenvalue weighted by Crippen LogP contribution is -2.02. The zero-order chi connectivity index (χ0) is 11.1. The van der Waals surface area contributed by atoms with Gasteiger partial charge in [0, 0.05) is 6.08 Å². The van der Waals surface area contributed by atoms with Gasteiger partial charge in [-0.1, -0.05) is 30.3 Å². The van der Waals surface area contributed by atoms with E-state index < -0.39 is 12.1 Å². The van der Waals surface area contributed by atoms with Crippen molar-refractivity contribution in [3.8, 4) is 0 Å². The number of benzene rings is 1. The zero-order valence-corrected chi connectivity index (χ0v) is 8.59. The van der Waals surface area contributed by atoms with Crippen LogP contribution in [0.4, 0.5) is 0 Å². The predicted octanol–water partition coefficient (Wildman–Crippen LogP) is 1.67. The molecule has 3 nitrogen and oxygen atoms in total. The molecule has 0 saturated carbocycles. The molecule has 0 aliphatic rings. The summed E-state index contributed by atoms with van der Waals surface area (Å²) in [6.07, 6.45) is 1.98. The molecule has 0 spiro atoms. The second-order valence-electron chi connectivity index (χ2n) is 3.19. The molecular formula is C12H14O3. The molecule has 1 aromatic rings. The number of aliphatic hydroxyl groups is 1. The highest BCUT2D eigenvalue weighted by molar-refractivity contribution is 5.81. The summed E-state index contributed by atoms with van der Waals surface area (Å²) in [5.74, 6) is -0.445. The number of aliphatic hydroxyl groups excluding tert-OH is 1. The molecule has 0 heterocycles. The molecule has 0 saturated heterocycles. The largest absolute Gasteiger partial charge is 0.458 e. The third-order valence-corrected chi connectivity index (χ3v) is 1.73. The van der Waals surface area contributed by atoms with Gasteiger partial charge in [-0.15, -0.1) is 0 Å². The molecule has 1 rings (SSSR count). The summed E-state index contributed by atoms with van der Waals surface area (Å²) in [5, 5.41) is 8.89. The van der Waals surface area contributed by atoms with E-state index in [1.165, 1.54) is 12.2 Å². The van der Waals surface area contributed by atoms with E-state index in [0.29, 0.717) is 0 Å². The Kier molecular flexibility index (Phi) is 4.57. The molecule has 1 aromatic carbocycles.